The molecule has 0 aromatic heterocycles. The zero-order valence-corrected chi connectivity index (χ0v) is 18.3. The summed E-state index contributed by atoms with van der Waals surface area (Å²) in [6, 6.07) is 13.6. The summed E-state index contributed by atoms with van der Waals surface area (Å²) < 4.78 is 29.5. The first-order chi connectivity index (χ1) is 14.3. The van der Waals surface area contributed by atoms with Gasteiger partial charge in [0.15, 0.2) is 0 Å². The number of likely N-dealkylation sites (tertiary alicyclic amines) is 1. The molecule has 8 heteroatoms. The average molecular weight is 446 g/mol. The van der Waals surface area contributed by atoms with E-state index in [1.165, 1.54) is 12.1 Å². The van der Waals surface area contributed by atoms with Gasteiger partial charge in [-0.15, -0.1) is 4.40 Å². The van der Waals surface area contributed by atoms with Crippen LogP contribution in [0.2, 0.25) is 5.02 Å². The summed E-state index contributed by atoms with van der Waals surface area (Å²) >= 11 is 5.99. The summed E-state index contributed by atoms with van der Waals surface area (Å²) in [5.41, 5.74) is 0.767. The molecule has 0 atom stereocenters. The fraction of sp³-hybridized carbons (Fsp3) is 0.364. The van der Waals surface area contributed by atoms with Crippen molar-refractivity contribution in [2.45, 2.75) is 42.4 Å². The zero-order chi connectivity index (χ0) is 21.4. The maximum absolute atomic E-state index is 13.2. The number of amides is 1. The molecule has 2 aliphatic rings. The van der Waals surface area contributed by atoms with E-state index in [9.17, 15) is 13.2 Å². The van der Waals surface area contributed by atoms with Crippen LogP contribution in [0.5, 0.6) is 0 Å². The second kappa shape index (κ2) is 8.04. The first kappa shape index (κ1) is 20.9. The molecule has 1 N–H and O–H groups in total. The van der Waals surface area contributed by atoms with Crippen molar-refractivity contribution in [2.75, 3.05) is 18.9 Å². The van der Waals surface area contributed by atoms with Crippen LogP contribution in [0.15, 0.2) is 57.8 Å². The molecule has 2 aromatic carbocycles. The minimum atomic E-state index is -3.84. The van der Waals surface area contributed by atoms with Crippen molar-refractivity contribution >= 4 is 39.1 Å². The Hall–Kier alpha value is -2.38. The number of amidine groups is 1. The third-order valence-electron chi connectivity index (χ3n) is 5.99. The highest BCUT2D eigenvalue weighted by molar-refractivity contribution is 7.90. The van der Waals surface area contributed by atoms with Gasteiger partial charge in [-0.05, 0) is 55.2 Å². The van der Waals surface area contributed by atoms with Gasteiger partial charge in [-0.1, -0.05) is 36.2 Å². The van der Waals surface area contributed by atoms with Crippen LogP contribution in [0.3, 0.4) is 0 Å². The average Bonchev–Trinajstić information content (AvgIpc) is 3.06. The quantitative estimate of drug-likeness (QED) is 0.747. The molecule has 1 heterocycles. The summed E-state index contributed by atoms with van der Waals surface area (Å²) in [7, 11) is -2.00. The topological polar surface area (TPSA) is 78.8 Å². The smallest absolute Gasteiger partial charge is 0.284 e. The number of hydrogen-bond acceptors (Lipinski definition) is 3. The number of carbonyl (C=O) groups excluding carboxylic acids is 1. The van der Waals surface area contributed by atoms with E-state index in [1.54, 1.807) is 24.3 Å². The van der Waals surface area contributed by atoms with Crippen LogP contribution in [-0.2, 0) is 20.2 Å². The minimum absolute atomic E-state index is 0.0715. The molecule has 4 rings (SSSR count). The number of hydrogen-bond donors (Lipinski definition) is 1. The number of rotatable bonds is 5. The van der Waals surface area contributed by atoms with E-state index in [4.69, 9.17) is 11.6 Å². The molecule has 0 spiro atoms. The number of halogens is 1. The molecular weight excluding hydrogens is 422 g/mol. The van der Waals surface area contributed by atoms with Crippen molar-refractivity contribution in [2.24, 2.45) is 4.40 Å². The van der Waals surface area contributed by atoms with Crippen molar-refractivity contribution < 1.29 is 13.2 Å². The molecule has 1 saturated heterocycles. The Morgan fingerprint density at radius 2 is 1.87 bits per heavy atom. The van der Waals surface area contributed by atoms with E-state index in [1.807, 2.05) is 24.1 Å². The van der Waals surface area contributed by atoms with E-state index in [-0.39, 0.29) is 10.8 Å². The van der Waals surface area contributed by atoms with Gasteiger partial charge in [-0.25, -0.2) is 0 Å². The van der Waals surface area contributed by atoms with Gasteiger partial charge >= 0.3 is 0 Å². The van der Waals surface area contributed by atoms with Gasteiger partial charge in [0, 0.05) is 30.7 Å². The number of benzene rings is 2. The molecule has 2 fully saturated rings. The molecule has 1 aliphatic carbocycles. The van der Waals surface area contributed by atoms with Gasteiger partial charge < -0.3 is 10.2 Å². The van der Waals surface area contributed by atoms with Crippen LogP contribution in [0, 0.1) is 0 Å². The number of nitrogens with zero attached hydrogens (tertiary/aromatic N) is 2. The van der Waals surface area contributed by atoms with Crippen LogP contribution in [0.4, 0.5) is 5.69 Å². The van der Waals surface area contributed by atoms with E-state index in [0.717, 1.165) is 37.8 Å². The first-order valence-electron chi connectivity index (χ1n) is 10.0. The lowest BCUT2D eigenvalue weighted by Crippen LogP contribution is -2.46. The Labute approximate surface area is 182 Å². The fourth-order valence-corrected chi connectivity index (χ4v) is 5.30. The first-order valence-corrected chi connectivity index (χ1v) is 11.8. The second-order valence-electron chi connectivity index (χ2n) is 7.93. The van der Waals surface area contributed by atoms with Crippen LogP contribution in [0.25, 0.3) is 0 Å². The molecule has 0 unspecified atom stereocenters. The van der Waals surface area contributed by atoms with Crippen molar-refractivity contribution in [3.8, 4) is 0 Å². The van der Waals surface area contributed by atoms with E-state index in [0.29, 0.717) is 23.0 Å². The second-order valence-corrected chi connectivity index (χ2v) is 9.97. The standard InChI is InChI=1S/C22H24ClN3O3S/c1-26-14-3-7-20(26)25-30(28,29)19-6-2-5-18(15-19)24-21(27)22(12-4-13-22)16-8-10-17(23)11-9-16/h2,5-6,8-11,15H,3-4,7,12-14H2,1H3,(H,24,27)/b25-20+. The lowest BCUT2D eigenvalue weighted by molar-refractivity contribution is -0.124. The number of anilines is 1. The highest BCUT2D eigenvalue weighted by Gasteiger charge is 2.45. The molecule has 1 saturated carbocycles. The van der Waals surface area contributed by atoms with Gasteiger partial charge in [0.05, 0.1) is 10.3 Å². The van der Waals surface area contributed by atoms with Gasteiger partial charge in [-0.2, -0.15) is 8.42 Å². The van der Waals surface area contributed by atoms with Crippen LogP contribution < -0.4 is 5.32 Å². The maximum Gasteiger partial charge on any atom is 0.284 e. The predicted molar refractivity (Wildman–Crippen MR) is 119 cm³/mol. The summed E-state index contributed by atoms with van der Waals surface area (Å²) in [5, 5.41) is 3.54. The lowest BCUT2D eigenvalue weighted by Gasteiger charge is -2.40. The van der Waals surface area contributed by atoms with Gasteiger partial charge in [0.2, 0.25) is 5.91 Å². The van der Waals surface area contributed by atoms with Crippen LogP contribution in [0.1, 0.15) is 37.7 Å². The van der Waals surface area contributed by atoms with Crippen molar-refractivity contribution in [3.05, 3.63) is 59.1 Å². The molecule has 0 bridgehead atoms. The van der Waals surface area contributed by atoms with Gasteiger partial charge in [0.25, 0.3) is 10.0 Å². The summed E-state index contributed by atoms with van der Waals surface area (Å²) in [6.45, 7) is 0.803. The van der Waals surface area contributed by atoms with E-state index >= 15 is 0 Å². The number of carbonyl (C=O) groups is 1. The lowest BCUT2D eigenvalue weighted by atomic mass is 9.64. The van der Waals surface area contributed by atoms with E-state index < -0.39 is 15.4 Å². The van der Waals surface area contributed by atoms with Crippen molar-refractivity contribution in [1.82, 2.24) is 4.90 Å². The SMILES string of the molecule is CN1CCC/C1=N\S(=O)(=O)c1cccc(NC(=O)C2(c3ccc(Cl)cc3)CCC2)c1. The molecule has 1 aliphatic heterocycles. The highest BCUT2D eigenvalue weighted by Crippen LogP contribution is 2.45. The number of sulfonamides is 1. The Morgan fingerprint density at radius 1 is 1.13 bits per heavy atom. The van der Waals surface area contributed by atoms with Gasteiger partial charge in [-0.3, -0.25) is 4.79 Å². The summed E-state index contributed by atoms with van der Waals surface area (Å²) in [4.78, 5) is 15.1. The highest BCUT2D eigenvalue weighted by atomic mass is 35.5. The van der Waals surface area contributed by atoms with E-state index in [2.05, 4.69) is 9.71 Å². The molecular formula is C22H24ClN3O3S. The normalized spacial score (nSPS) is 19.5. The molecule has 0 radical (unpaired) electrons. The molecule has 158 valence electrons. The van der Waals surface area contributed by atoms with Crippen molar-refractivity contribution in [1.29, 1.82) is 0 Å². The monoisotopic (exact) mass is 445 g/mol. The van der Waals surface area contributed by atoms with Crippen molar-refractivity contribution in [3.63, 3.8) is 0 Å². The predicted octanol–water partition coefficient (Wildman–Crippen LogP) is 4.21. The Bertz CT molecular complexity index is 1090. The maximum atomic E-state index is 13.2. The minimum Gasteiger partial charge on any atom is -0.362 e. The third-order valence-corrected chi connectivity index (χ3v) is 7.54. The summed E-state index contributed by atoms with van der Waals surface area (Å²) in [5.74, 6) is 0.438. The number of nitrogens with one attached hydrogen (secondary N) is 1. The van der Waals surface area contributed by atoms with Crippen LogP contribution >= 0.6 is 11.6 Å². The zero-order valence-electron chi connectivity index (χ0n) is 16.8. The largest absolute Gasteiger partial charge is 0.362 e. The Balaban J connectivity index is 1.57. The fourth-order valence-electron chi connectivity index (χ4n) is 4.03. The Morgan fingerprint density at radius 3 is 2.47 bits per heavy atom. The Kier molecular flexibility index (Phi) is 5.59. The van der Waals surface area contributed by atoms with Gasteiger partial charge in [0.1, 0.15) is 5.84 Å². The molecule has 30 heavy (non-hydrogen) atoms. The summed E-state index contributed by atoms with van der Waals surface area (Å²) in [6.07, 6.45) is 4.01. The van der Waals surface area contributed by atoms with Crippen LogP contribution in [-0.4, -0.2) is 38.7 Å². The molecule has 6 nitrogen and oxygen atoms in total. The molecule has 1 amide bonds. The molecule has 2 aromatic rings. The third kappa shape index (κ3) is 3.96.